The second-order valence-corrected chi connectivity index (χ2v) is 4.39. The number of hydrogen-bond donors (Lipinski definition) is 0. The fourth-order valence-corrected chi connectivity index (χ4v) is 3.05. The summed E-state index contributed by atoms with van der Waals surface area (Å²) in [5.41, 5.74) is 0. The molecule has 2 rings (SSSR count). The minimum absolute atomic E-state index is 0.725. The molecule has 1 saturated carbocycles. The lowest BCUT2D eigenvalue weighted by molar-refractivity contribution is -0.108. The van der Waals surface area contributed by atoms with E-state index in [9.17, 15) is 4.79 Å². The van der Waals surface area contributed by atoms with Gasteiger partial charge in [-0.25, -0.2) is 0 Å². The first kappa shape index (κ1) is 9.20. The van der Waals surface area contributed by atoms with E-state index >= 15 is 0 Å². The standard InChI is InChI=1S/C11H19NO/c13-9-3-8-12-7-2-5-10-4-1-6-11(10)12/h9-11H,1-8H2. The fraction of sp³-hybridized carbons (Fsp3) is 0.909. The molecule has 0 spiro atoms. The zero-order valence-electron chi connectivity index (χ0n) is 8.24. The molecule has 0 radical (unpaired) electrons. The van der Waals surface area contributed by atoms with Crippen LogP contribution >= 0.6 is 0 Å². The van der Waals surface area contributed by atoms with Crippen molar-refractivity contribution in [3.63, 3.8) is 0 Å². The van der Waals surface area contributed by atoms with Gasteiger partial charge in [0.15, 0.2) is 0 Å². The van der Waals surface area contributed by atoms with E-state index in [0.29, 0.717) is 0 Å². The highest BCUT2D eigenvalue weighted by atomic mass is 16.1. The van der Waals surface area contributed by atoms with Crippen molar-refractivity contribution in [2.75, 3.05) is 13.1 Å². The summed E-state index contributed by atoms with van der Waals surface area (Å²) >= 11 is 0. The number of hydrogen-bond acceptors (Lipinski definition) is 2. The van der Waals surface area contributed by atoms with Gasteiger partial charge in [-0.2, -0.15) is 0 Å². The number of piperidine rings is 1. The number of carbonyl (C=O) groups is 1. The monoisotopic (exact) mass is 181 g/mol. The first-order valence-electron chi connectivity index (χ1n) is 5.59. The van der Waals surface area contributed by atoms with Gasteiger partial charge in [-0.1, -0.05) is 6.42 Å². The second-order valence-electron chi connectivity index (χ2n) is 4.39. The fourth-order valence-electron chi connectivity index (χ4n) is 3.05. The molecule has 1 aliphatic heterocycles. The van der Waals surface area contributed by atoms with Gasteiger partial charge in [0.1, 0.15) is 6.29 Å². The molecular weight excluding hydrogens is 162 g/mol. The summed E-state index contributed by atoms with van der Waals surface area (Å²) in [7, 11) is 0. The maximum absolute atomic E-state index is 10.3. The molecule has 0 N–H and O–H groups in total. The summed E-state index contributed by atoms with van der Waals surface area (Å²) in [5, 5.41) is 0. The predicted molar refractivity (Wildman–Crippen MR) is 52.6 cm³/mol. The number of likely N-dealkylation sites (tertiary alicyclic amines) is 1. The van der Waals surface area contributed by atoms with E-state index in [0.717, 1.165) is 31.2 Å². The normalized spacial score (nSPS) is 34.5. The van der Waals surface area contributed by atoms with Crippen LogP contribution in [0.2, 0.25) is 0 Å². The van der Waals surface area contributed by atoms with Gasteiger partial charge >= 0.3 is 0 Å². The number of nitrogens with zero attached hydrogens (tertiary/aromatic N) is 1. The Morgan fingerprint density at radius 1 is 1.23 bits per heavy atom. The molecule has 2 fully saturated rings. The average molecular weight is 181 g/mol. The van der Waals surface area contributed by atoms with E-state index in [-0.39, 0.29) is 0 Å². The molecule has 74 valence electrons. The first-order chi connectivity index (χ1) is 6.42. The Bertz CT molecular complexity index is 181. The van der Waals surface area contributed by atoms with E-state index in [4.69, 9.17) is 0 Å². The third-order valence-electron chi connectivity index (χ3n) is 3.64. The first-order valence-corrected chi connectivity index (χ1v) is 5.59. The van der Waals surface area contributed by atoms with Gasteiger partial charge in [0.05, 0.1) is 0 Å². The summed E-state index contributed by atoms with van der Waals surface area (Å²) in [4.78, 5) is 12.9. The van der Waals surface area contributed by atoms with Crippen molar-refractivity contribution in [1.29, 1.82) is 0 Å². The van der Waals surface area contributed by atoms with Gasteiger partial charge in [0, 0.05) is 19.0 Å². The van der Waals surface area contributed by atoms with E-state index in [2.05, 4.69) is 4.90 Å². The maximum atomic E-state index is 10.3. The molecule has 0 aromatic carbocycles. The summed E-state index contributed by atoms with van der Waals surface area (Å²) < 4.78 is 0. The van der Waals surface area contributed by atoms with Crippen molar-refractivity contribution in [1.82, 2.24) is 4.90 Å². The summed E-state index contributed by atoms with van der Waals surface area (Å²) in [6.45, 7) is 2.24. The Morgan fingerprint density at radius 3 is 2.92 bits per heavy atom. The third kappa shape index (κ3) is 1.93. The van der Waals surface area contributed by atoms with Crippen molar-refractivity contribution in [3.05, 3.63) is 0 Å². The van der Waals surface area contributed by atoms with Crippen LogP contribution < -0.4 is 0 Å². The van der Waals surface area contributed by atoms with Crippen LogP contribution in [0, 0.1) is 5.92 Å². The minimum Gasteiger partial charge on any atom is -0.303 e. The van der Waals surface area contributed by atoms with Crippen LogP contribution in [0.3, 0.4) is 0 Å². The number of carbonyl (C=O) groups excluding carboxylic acids is 1. The van der Waals surface area contributed by atoms with Crippen molar-refractivity contribution in [3.8, 4) is 0 Å². The smallest absolute Gasteiger partial charge is 0.121 e. The number of fused-ring (bicyclic) bond motifs is 1. The molecule has 1 aliphatic carbocycles. The Morgan fingerprint density at radius 2 is 2.08 bits per heavy atom. The predicted octanol–water partition coefficient (Wildman–Crippen LogP) is 1.84. The average Bonchev–Trinajstić information content (AvgIpc) is 2.62. The highest BCUT2D eigenvalue weighted by molar-refractivity contribution is 5.49. The maximum Gasteiger partial charge on any atom is 0.121 e. The molecule has 0 bridgehead atoms. The number of aldehydes is 1. The van der Waals surface area contributed by atoms with Gasteiger partial charge in [0.25, 0.3) is 0 Å². The molecule has 2 aliphatic rings. The molecule has 1 saturated heterocycles. The zero-order chi connectivity index (χ0) is 9.10. The van der Waals surface area contributed by atoms with E-state index in [1.54, 1.807) is 0 Å². The molecule has 0 amide bonds. The Kier molecular flexibility index (Phi) is 2.99. The Hall–Kier alpha value is -0.370. The van der Waals surface area contributed by atoms with Crippen molar-refractivity contribution < 1.29 is 4.79 Å². The van der Waals surface area contributed by atoms with Crippen LogP contribution in [0.4, 0.5) is 0 Å². The largest absolute Gasteiger partial charge is 0.303 e. The van der Waals surface area contributed by atoms with Crippen LogP contribution in [-0.2, 0) is 4.79 Å². The van der Waals surface area contributed by atoms with Crippen molar-refractivity contribution in [2.24, 2.45) is 5.92 Å². The zero-order valence-corrected chi connectivity index (χ0v) is 8.24. The van der Waals surface area contributed by atoms with E-state index in [1.807, 2.05) is 0 Å². The van der Waals surface area contributed by atoms with Crippen molar-refractivity contribution in [2.45, 2.75) is 44.6 Å². The van der Waals surface area contributed by atoms with E-state index in [1.165, 1.54) is 38.6 Å². The lowest BCUT2D eigenvalue weighted by Crippen LogP contribution is -2.42. The van der Waals surface area contributed by atoms with Gasteiger partial charge in [0.2, 0.25) is 0 Å². The third-order valence-corrected chi connectivity index (χ3v) is 3.64. The molecular formula is C11H19NO. The molecule has 2 atom stereocenters. The highest BCUT2D eigenvalue weighted by Crippen LogP contribution is 2.36. The molecule has 1 heterocycles. The topological polar surface area (TPSA) is 20.3 Å². The van der Waals surface area contributed by atoms with Crippen LogP contribution in [0.25, 0.3) is 0 Å². The Labute approximate surface area is 80.3 Å². The molecule has 2 nitrogen and oxygen atoms in total. The van der Waals surface area contributed by atoms with Crippen LogP contribution in [-0.4, -0.2) is 30.3 Å². The molecule has 2 unspecified atom stereocenters. The highest BCUT2D eigenvalue weighted by Gasteiger charge is 2.34. The summed E-state index contributed by atoms with van der Waals surface area (Å²) in [6, 6.07) is 0.827. The molecule has 13 heavy (non-hydrogen) atoms. The summed E-state index contributed by atoms with van der Waals surface area (Å²) in [5.74, 6) is 0.959. The van der Waals surface area contributed by atoms with Gasteiger partial charge in [-0.05, 0) is 38.1 Å². The number of rotatable bonds is 3. The molecule has 2 heteroatoms. The quantitative estimate of drug-likeness (QED) is 0.619. The SMILES string of the molecule is O=CCCN1CCCC2CCCC21. The van der Waals surface area contributed by atoms with Gasteiger partial charge in [-0.15, -0.1) is 0 Å². The summed E-state index contributed by atoms with van der Waals surface area (Å²) in [6.07, 6.45) is 8.78. The van der Waals surface area contributed by atoms with Gasteiger partial charge in [-0.3, -0.25) is 4.90 Å². The van der Waals surface area contributed by atoms with Crippen LogP contribution in [0.5, 0.6) is 0 Å². The molecule has 0 aromatic rings. The van der Waals surface area contributed by atoms with E-state index < -0.39 is 0 Å². The lowest BCUT2D eigenvalue weighted by Gasteiger charge is -2.37. The van der Waals surface area contributed by atoms with Crippen LogP contribution in [0.15, 0.2) is 0 Å². The lowest BCUT2D eigenvalue weighted by atomic mass is 9.92. The minimum atomic E-state index is 0.725. The second kappa shape index (κ2) is 4.23. The van der Waals surface area contributed by atoms with Gasteiger partial charge < -0.3 is 4.79 Å². The Balaban J connectivity index is 1.89. The van der Waals surface area contributed by atoms with Crippen LogP contribution in [0.1, 0.15) is 38.5 Å². The van der Waals surface area contributed by atoms with Crippen molar-refractivity contribution >= 4 is 6.29 Å². The molecule has 0 aromatic heterocycles.